The Bertz CT molecular complexity index is 962. The van der Waals surface area contributed by atoms with E-state index in [4.69, 9.17) is 4.55 Å². The van der Waals surface area contributed by atoms with Gasteiger partial charge in [-0.1, -0.05) is 46.6 Å². The van der Waals surface area contributed by atoms with Crippen molar-refractivity contribution in [2.24, 2.45) is 0 Å². The average Bonchev–Trinajstić information content (AvgIpc) is 2.67. The highest BCUT2D eigenvalue weighted by molar-refractivity contribution is 7.81. The van der Waals surface area contributed by atoms with Crippen LogP contribution in [-0.2, 0) is 16.8 Å². The van der Waals surface area contributed by atoms with Gasteiger partial charge in [-0.15, -0.1) is 0 Å². The van der Waals surface area contributed by atoms with Crippen molar-refractivity contribution >= 4 is 10.4 Å². The van der Waals surface area contributed by atoms with Gasteiger partial charge in [-0.3, -0.25) is 4.55 Å². The van der Waals surface area contributed by atoms with Crippen molar-refractivity contribution in [3.63, 3.8) is 0 Å². The zero-order valence-electron chi connectivity index (χ0n) is 20.0. The maximum Gasteiger partial charge on any atom is 0.446 e. The first kappa shape index (κ1) is 27.7. The van der Waals surface area contributed by atoms with Gasteiger partial charge in [0.25, 0.3) is 0 Å². The van der Waals surface area contributed by atoms with Crippen LogP contribution in [0.3, 0.4) is 0 Å². The molecule has 178 valence electrons. The first-order valence-electron chi connectivity index (χ1n) is 11.1. The van der Waals surface area contributed by atoms with Crippen molar-refractivity contribution < 1.29 is 22.3 Å². The van der Waals surface area contributed by atoms with Crippen LogP contribution in [0.1, 0.15) is 78.7 Å². The second-order valence-electron chi connectivity index (χ2n) is 8.55. The van der Waals surface area contributed by atoms with Gasteiger partial charge in [-0.05, 0) is 97.8 Å². The fourth-order valence-corrected chi connectivity index (χ4v) is 3.52. The number of phenolic OH excluding ortho intramolecular Hbond substituents is 1. The fourth-order valence-electron chi connectivity index (χ4n) is 3.17. The molecule has 32 heavy (non-hydrogen) atoms. The summed E-state index contributed by atoms with van der Waals surface area (Å²) in [5.74, 6) is 0.0165. The molecule has 0 aliphatic rings. The summed E-state index contributed by atoms with van der Waals surface area (Å²) in [6.07, 6.45) is 15.6. The van der Waals surface area contributed by atoms with E-state index in [9.17, 15) is 13.5 Å². The van der Waals surface area contributed by atoms with Crippen LogP contribution in [0.4, 0.5) is 0 Å². The summed E-state index contributed by atoms with van der Waals surface area (Å²) in [5, 5.41) is 9.97. The smallest absolute Gasteiger partial charge is 0.446 e. The number of aromatic hydroxyl groups is 1. The van der Waals surface area contributed by atoms with Gasteiger partial charge < -0.3 is 9.29 Å². The molecule has 0 unspecified atom stereocenters. The van der Waals surface area contributed by atoms with Gasteiger partial charge in [0, 0.05) is 5.56 Å². The Balaban J connectivity index is 2.48. The molecule has 0 amide bonds. The number of hydrogen-bond donors (Lipinski definition) is 2. The molecule has 0 heterocycles. The summed E-state index contributed by atoms with van der Waals surface area (Å²) in [6, 6.07) is 4.05. The minimum atomic E-state index is -4.59. The summed E-state index contributed by atoms with van der Waals surface area (Å²) >= 11 is 0. The molecule has 1 aromatic rings. The largest absolute Gasteiger partial charge is 0.508 e. The minimum Gasteiger partial charge on any atom is -0.508 e. The molecule has 0 aliphatic carbocycles. The van der Waals surface area contributed by atoms with Crippen LogP contribution in [0.15, 0.2) is 64.8 Å². The summed E-state index contributed by atoms with van der Waals surface area (Å²) in [4.78, 5) is 0. The van der Waals surface area contributed by atoms with Gasteiger partial charge in [0.2, 0.25) is 0 Å². The van der Waals surface area contributed by atoms with Crippen molar-refractivity contribution in [2.75, 3.05) is 0 Å². The van der Waals surface area contributed by atoms with E-state index in [1.165, 1.54) is 40.5 Å². The van der Waals surface area contributed by atoms with Gasteiger partial charge in [0.15, 0.2) is 0 Å². The number of rotatable bonds is 13. The maximum atomic E-state index is 10.8. The molecular weight excluding hydrogens is 424 g/mol. The normalized spacial score (nSPS) is 13.2. The monoisotopic (exact) mass is 462 g/mol. The van der Waals surface area contributed by atoms with E-state index in [1.807, 2.05) is 13.0 Å². The number of allylic oxidation sites excluding steroid dienone is 8. The van der Waals surface area contributed by atoms with Gasteiger partial charge in [0.05, 0.1) is 0 Å². The van der Waals surface area contributed by atoms with Crippen LogP contribution in [-0.4, -0.2) is 18.1 Å². The van der Waals surface area contributed by atoms with E-state index < -0.39 is 10.4 Å². The molecule has 0 aromatic heterocycles. The van der Waals surface area contributed by atoms with Crippen LogP contribution in [0.25, 0.3) is 0 Å². The Kier molecular flexibility index (Phi) is 12.1. The summed E-state index contributed by atoms with van der Waals surface area (Å²) in [7, 11) is -4.59. The van der Waals surface area contributed by atoms with Crippen molar-refractivity contribution in [1.82, 2.24) is 0 Å². The molecule has 6 heteroatoms. The Morgan fingerprint density at radius 1 is 0.844 bits per heavy atom. The molecule has 0 saturated heterocycles. The molecular formula is C26H38O5S. The quantitative estimate of drug-likeness (QED) is 0.238. The average molecular weight is 463 g/mol. The molecule has 5 nitrogen and oxygen atoms in total. The first-order chi connectivity index (χ1) is 15.0. The summed E-state index contributed by atoms with van der Waals surface area (Å²) in [6.45, 7) is 10.7. The van der Waals surface area contributed by atoms with Crippen molar-refractivity contribution in [3.8, 4) is 11.5 Å². The highest BCUT2D eigenvalue weighted by Crippen LogP contribution is 2.25. The molecule has 2 N–H and O–H groups in total. The number of hydrogen-bond acceptors (Lipinski definition) is 4. The Morgan fingerprint density at radius 3 is 1.84 bits per heavy atom. The van der Waals surface area contributed by atoms with E-state index in [0.717, 1.165) is 38.5 Å². The van der Waals surface area contributed by atoms with E-state index in [1.54, 1.807) is 0 Å². The van der Waals surface area contributed by atoms with Gasteiger partial charge >= 0.3 is 10.4 Å². The summed E-state index contributed by atoms with van der Waals surface area (Å²) < 4.78 is 34.9. The van der Waals surface area contributed by atoms with Crippen LogP contribution in [0.2, 0.25) is 0 Å². The third kappa shape index (κ3) is 13.2. The van der Waals surface area contributed by atoms with Crippen molar-refractivity contribution in [1.29, 1.82) is 0 Å². The van der Waals surface area contributed by atoms with Crippen molar-refractivity contribution in [3.05, 3.63) is 70.4 Å². The molecule has 1 rings (SSSR count). The first-order valence-corrected chi connectivity index (χ1v) is 12.4. The second-order valence-corrected chi connectivity index (χ2v) is 9.58. The zero-order chi connectivity index (χ0) is 24.1. The highest BCUT2D eigenvalue weighted by Gasteiger charge is 2.09. The maximum absolute atomic E-state index is 10.8. The summed E-state index contributed by atoms with van der Waals surface area (Å²) in [5.41, 5.74) is 5.92. The lowest BCUT2D eigenvalue weighted by molar-refractivity contribution is 0.386. The Hall–Kier alpha value is -2.31. The lowest BCUT2D eigenvalue weighted by Crippen LogP contribution is -2.06. The molecule has 0 radical (unpaired) electrons. The van der Waals surface area contributed by atoms with Gasteiger partial charge in [-0.25, -0.2) is 0 Å². The third-order valence-electron chi connectivity index (χ3n) is 5.08. The van der Waals surface area contributed by atoms with Crippen LogP contribution in [0.5, 0.6) is 11.5 Å². The fraction of sp³-hybridized carbons (Fsp3) is 0.462. The topological polar surface area (TPSA) is 83.8 Å². The Labute approximate surface area is 194 Å². The molecule has 0 bridgehead atoms. The van der Waals surface area contributed by atoms with Crippen LogP contribution >= 0.6 is 0 Å². The van der Waals surface area contributed by atoms with E-state index in [-0.39, 0.29) is 11.5 Å². The SMILES string of the molecule is CC(C)=CCCC(C)=CCCC(C)=CCCC(C)=CCc1cc(OS(=O)(=O)O)ccc1O. The van der Waals surface area contributed by atoms with E-state index >= 15 is 0 Å². The molecule has 0 fully saturated rings. The molecule has 0 spiro atoms. The van der Waals surface area contributed by atoms with E-state index in [0.29, 0.717) is 12.0 Å². The van der Waals surface area contributed by atoms with Crippen LogP contribution in [0, 0.1) is 0 Å². The van der Waals surface area contributed by atoms with Gasteiger partial charge in [-0.2, -0.15) is 8.42 Å². The standard InChI is InChI=1S/C26H38O5S/c1-20(2)9-6-10-21(3)11-7-12-22(4)13-8-14-23(5)15-16-24-19-25(17-18-26(24)27)31-32(28,29)30/h9,11,13,15,17-19,27H,6-8,10,12,14,16H2,1-5H3,(H,28,29,30). The van der Waals surface area contributed by atoms with Gasteiger partial charge in [0.1, 0.15) is 11.5 Å². The van der Waals surface area contributed by atoms with Crippen molar-refractivity contribution in [2.45, 2.75) is 79.6 Å². The lowest BCUT2D eigenvalue weighted by Gasteiger charge is -2.07. The third-order valence-corrected chi connectivity index (χ3v) is 5.48. The predicted molar refractivity (Wildman–Crippen MR) is 132 cm³/mol. The minimum absolute atomic E-state index is 0.0360. The predicted octanol–water partition coefficient (Wildman–Crippen LogP) is 7.26. The molecule has 0 saturated carbocycles. The second kappa shape index (κ2) is 14.0. The van der Waals surface area contributed by atoms with Crippen LogP contribution < -0.4 is 4.18 Å². The molecule has 0 atom stereocenters. The number of phenols is 1. The lowest BCUT2D eigenvalue weighted by atomic mass is 10.0. The number of benzene rings is 1. The molecule has 1 aromatic carbocycles. The van der Waals surface area contributed by atoms with E-state index in [2.05, 4.69) is 50.1 Å². The highest BCUT2D eigenvalue weighted by atomic mass is 32.3. The molecule has 0 aliphatic heterocycles. The Morgan fingerprint density at radius 2 is 1.34 bits per heavy atom. The zero-order valence-corrected chi connectivity index (χ0v) is 20.8.